The first-order valence-corrected chi connectivity index (χ1v) is 6.82. The summed E-state index contributed by atoms with van der Waals surface area (Å²) < 4.78 is 5.42. The molecule has 0 bridgehead atoms. The first kappa shape index (κ1) is 12.9. The van der Waals surface area contributed by atoms with Gasteiger partial charge in [0.1, 0.15) is 5.75 Å². The molecule has 0 radical (unpaired) electrons. The summed E-state index contributed by atoms with van der Waals surface area (Å²) in [6.45, 7) is 0. The summed E-state index contributed by atoms with van der Waals surface area (Å²) in [6, 6.07) is 7.71. The molecule has 0 spiro atoms. The van der Waals surface area contributed by atoms with Crippen molar-refractivity contribution in [2.45, 2.75) is 44.9 Å². The smallest absolute Gasteiger partial charge is 0.311 e. The van der Waals surface area contributed by atoms with E-state index in [1.54, 1.807) is 0 Å². The summed E-state index contributed by atoms with van der Waals surface area (Å²) in [5, 5.41) is 0. The van der Waals surface area contributed by atoms with Crippen LogP contribution in [0.2, 0.25) is 0 Å². The van der Waals surface area contributed by atoms with Gasteiger partial charge in [0.2, 0.25) is 0 Å². The van der Waals surface area contributed by atoms with E-state index in [-0.39, 0.29) is 5.97 Å². The van der Waals surface area contributed by atoms with E-state index in [0.29, 0.717) is 12.2 Å². The topological polar surface area (TPSA) is 26.3 Å². The highest BCUT2D eigenvalue weighted by molar-refractivity contribution is 5.74. The van der Waals surface area contributed by atoms with Crippen LogP contribution in [-0.2, 0) is 4.79 Å². The van der Waals surface area contributed by atoms with Gasteiger partial charge in [-0.2, -0.15) is 0 Å². The van der Waals surface area contributed by atoms with Crippen molar-refractivity contribution in [1.82, 2.24) is 0 Å². The van der Waals surface area contributed by atoms with Crippen LogP contribution in [0.4, 0.5) is 0 Å². The van der Waals surface area contributed by atoms with Gasteiger partial charge in [0.15, 0.2) is 0 Å². The number of carbonyl (C=O) groups excluding carboxylic acids is 1. The fourth-order valence-corrected chi connectivity index (χ4v) is 2.16. The molecule has 0 fully saturated rings. The van der Waals surface area contributed by atoms with E-state index in [9.17, 15) is 4.79 Å². The van der Waals surface area contributed by atoms with Gasteiger partial charge in [-0.25, -0.2) is 0 Å². The van der Waals surface area contributed by atoms with Crippen molar-refractivity contribution >= 4 is 12.0 Å². The fraction of sp³-hybridized carbons (Fsp3) is 0.438. The van der Waals surface area contributed by atoms with Gasteiger partial charge >= 0.3 is 5.97 Å². The molecule has 2 heteroatoms. The Kier molecular flexibility index (Phi) is 5.00. The third-order valence-electron chi connectivity index (χ3n) is 3.19. The second-order valence-electron chi connectivity index (χ2n) is 4.72. The van der Waals surface area contributed by atoms with Crippen LogP contribution < -0.4 is 4.74 Å². The van der Waals surface area contributed by atoms with Gasteiger partial charge in [0, 0.05) is 12.0 Å². The zero-order valence-corrected chi connectivity index (χ0v) is 10.7. The first-order chi connectivity index (χ1) is 8.86. The van der Waals surface area contributed by atoms with Gasteiger partial charge in [0.05, 0.1) is 0 Å². The molecule has 0 unspecified atom stereocenters. The van der Waals surface area contributed by atoms with Crippen LogP contribution in [0.3, 0.4) is 0 Å². The lowest BCUT2D eigenvalue weighted by atomic mass is 10.1. The molecule has 1 aliphatic rings. The van der Waals surface area contributed by atoms with Crippen LogP contribution in [0.25, 0.3) is 6.08 Å². The minimum Gasteiger partial charge on any atom is -0.426 e. The minimum atomic E-state index is -0.116. The summed E-state index contributed by atoms with van der Waals surface area (Å²) >= 11 is 0. The Morgan fingerprint density at radius 2 is 1.72 bits per heavy atom. The normalized spacial score (nSPS) is 19.7. The Balaban J connectivity index is 2.13. The molecule has 1 aliphatic heterocycles. The van der Waals surface area contributed by atoms with Gasteiger partial charge in [-0.3, -0.25) is 4.79 Å². The molecule has 0 atom stereocenters. The summed E-state index contributed by atoms with van der Waals surface area (Å²) in [6.07, 6.45) is 11.6. The number of allylic oxidation sites excluding steroid dienone is 1. The first-order valence-electron chi connectivity index (χ1n) is 6.82. The Bertz CT molecular complexity index is 421. The van der Waals surface area contributed by atoms with E-state index in [4.69, 9.17) is 4.74 Å². The number of para-hydroxylation sites is 1. The fourth-order valence-electron chi connectivity index (χ4n) is 2.16. The molecule has 0 saturated heterocycles. The van der Waals surface area contributed by atoms with Gasteiger partial charge in [-0.05, 0) is 25.3 Å². The van der Waals surface area contributed by atoms with Crippen molar-refractivity contribution in [2.24, 2.45) is 0 Å². The third-order valence-corrected chi connectivity index (χ3v) is 3.19. The van der Waals surface area contributed by atoms with Gasteiger partial charge < -0.3 is 4.74 Å². The average Bonchev–Trinajstić information content (AvgIpc) is 2.39. The predicted octanol–water partition coefficient (Wildman–Crippen LogP) is 4.35. The van der Waals surface area contributed by atoms with Crippen molar-refractivity contribution in [2.75, 3.05) is 0 Å². The van der Waals surface area contributed by atoms with E-state index in [2.05, 4.69) is 12.2 Å². The molecular weight excluding hydrogens is 224 g/mol. The minimum absolute atomic E-state index is 0.116. The molecule has 0 amide bonds. The van der Waals surface area contributed by atoms with E-state index in [1.807, 2.05) is 24.3 Å². The zero-order valence-electron chi connectivity index (χ0n) is 10.7. The average molecular weight is 244 g/mol. The second-order valence-corrected chi connectivity index (χ2v) is 4.72. The lowest BCUT2D eigenvalue weighted by molar-refractivity contribution is -0.134. The van der Waals surface area contributed by atoms with Crippen LogP contribution >= 0.6 is 0 Å². The van der Waals surface area contributed by atoms with Crippen LogP contribution in [0.1, 0.15) is 50.5 Å². The van der Waals surface area contributed by atoms with E-state index < -0.39 is 0 Å². The molecule has 1 aromatic rings. The molecular formula is C16H20O2. The van der Waals surface area contributed by atoms with Gasteiger partial charge in [-0.15, -0.1) is 0 Å². The summed E-state index contributed by atoms with van der Waals surface area (Å²) in [7, 11) is 0. The van der Waals surface area contributed by atoms with Crippen molar-refractivity contribution in [3.63, 3.8) is 0 Å². The number of rotatable bonds is 0. The highest BCUT2D eigenvalue weighted by Crippen LogP contribution is 2.21. The highest BCUT2D eigenvalue weighted by Gasteiger charge is 2.07. The van der Waals surface area contributed by atoms with Crippen molar-refractivity contribution in [1.29, 1.82) is 0 Å². The SMILES string of the molecule is O=C1CCCCCCC/C=C/c2ccccc2O1. The van der Waals surface area contributed by atoms with Gasteiger partial charge in [0.25, 0.3) is 0 Å². The van der Waals surface area contributed by atoms with Crippen LogP contribution in [-0.4, -0.2) is 5.97 Å². The molecule has 0 saturated carbocycles. The standard InChI is InChI=1S/C16H20O2/c17-16-13-7-5-3-1-2-4-6-10-14-11-8-9-12-15(14)18-16/h6,8-12H,1-5,7,13H2/b10-6+. The monoisotopic (exact) mass is 244 g/mol. The maximum Gasteiger partial charge on any atom is 0.311 e. The molecule has 96 valence electrons. The van der Waals surface area contributed by atoms with Crippen LogP contribution in [0.15, 0.2) is 30.3 Å². The Morgan fingerprint density at radius 1 is 0.944 bits per heavy atom. The molecule has 0 N–H and O–H groups in total. The number of benzene rings is 1. The Labute approximate surface area is 109 Å². The molecule has 1 aromatic carbocycles. The number of hydrogen-bond donors (Lipinski definition) is 0. The lowest BCUT2D eigenvalue weighted by Crippen LogP contribution is -2.08. The highest BCUT2D eigenvalue weighted by atomic mass is 16.5. The molecule has 18 heavy (non-hydrogen) atoms. The molecule has 2 nitrogen and oxygen atoms in total. The third kappa shape index (κ3) is 4.02. The Morgan fingerprint density at radius 3 is 2.67 bits per heavy atom. The lowest BCUT2D eigenvalue weighted by Gasteiger charge is -2.07. The van der Waals surface area contributed by atoms with Crippen LogP contribution in [0.5, 0.6) is 5.75 Å². The molecule has 1 heterocycles. The predicted molar refractivity (Wildman–Crippen MR) is 73.4 cm³/mol. The zero-order chi connectivity index (χ0) is 12.6. The second kappa shape index (κ2) is 7.00. The van der Waals surface area contributed by atoms with Crippen molar-refractivity contribution in [3.05, 3.63) is 35.9 Å². The van der Waals surface area contributed by atoms with Crippen LogP contribution in [0, 0.1) is 0 Å². The quantitative estimate of drug-likeness (QED) is 0.501. The summed E-state index contributed by atoms with van der Waals surface area (Å²) in [5.74, 6) is 0.563. The number of esters is 1. The van der Waals surface area contributed by atoms with Crippen molar-refractivity contribution in [3.8, 4) is 5.75 Å². The number of ether oxygens (including phenoxy) is 1. The van der Waals surface area contributed by atoms with Gasteiger partial charge in [-0.1, -0.05) is 49.6 Å². The number of fused-ring (bicyclic) bond motifs is 1. The molecule has 2 rings (SSSR count). The van der Waals surface area contributed by atoms with E-state index in [0.717, 1.165) is 24.8 Å². The molecule has 0 aliphatic carbocycles. The largest absolute Gasteiger partial charge is 0.426 e. The summed E-state index contributed by atoms with van der Waals surface area (Å²) in [4.78, 5) is 11.7. The molecule has 0 aromatic heterocycles. The van der Waals surface area contributed by atoms with E-state index >= 15 is 0 Å². The maximum absolute atomic E-state index is 11.7. The maximum atomic E-state index is 11.7. The number of hydrogen-bond acceptors (Lipinski definition) is 2. The Hall–Kier alpha value is -1.57. The van der Waals surface area contributed by atoms with E-state index in [1.165, 1.54) is 19.3 Å². The number of carbonyl (C=O) groups is 1. The van der Waals surface area contributed by atoms with Crippen molar-refractivity contribution < 1.29 is 9.53 Å². The summed E-state index contributed by atoms with van der Waals surface area (Å²) in [5.41, 5.74) is 0.991.